The topological polar surface area (TPSA) is 24.9 Å². The number of pyridine rings is 1. The Morgan fingerprint density at radius 1 is 0.591 bits per heavy atom. The van der Waals surface area contributed by atoms with Gasteiger partial charge in [-0.25, -0.2) is 4.98 Å². The van der Waals surface area contributed by atoms with E-state index in [1.807, 2.05) is 36.4 Å². The lowest BCUT2D eigenvalue weighted by atomic mass is 10.1. The zero-order valence-corrected chi connectivity index (χ0v) is 12.7. The number of benzene rings is 3. The van der Waals surface area contributed by atoms with Crippen molar-refractivity contribution in [3.8, 4) is 0 Å². The summed E-state index contributed by atoms with van der Waals surface area (Å²) in [5.41, 5.74) is 2.06. The molecule has 1 N–H and O–H groups in total. The zero-order valence-electron chi connectivity index (χ0n) is 11.9. The molecule has 0 radical (unpaired) electrons. The van der Waals surface area contributed by atoms with Crippen LogP contribution in [0.25, 0.3) is 21.7 Å². The third-order valence-corrected chi connectivity index (χ3v) is 3.65. The summed E-state index contributed by atoms with van der Waals surface area (Å²) in [5.74, 6) is 0.899. The number of hydrogen-bond acceptors (Lipinski definition) is 2. The van der Waals surface area contributed by atoms with Gasteiger partial charge in [-0.3, -0.25) is 0 Å². The quantitative estimate of drug-likeness (QED) is 0.491. The highest BCUT2D eigenvalue weighted by molar-refractivity contribution is 6.10. The molecular weight excluding hydrogens is 292 g/mol. The van der Waals surface area contributed by atoms with Crippen LogP contribution in [0.1, 0.15) is 0 Å². The van der Waals surface area contributed by atoms with Crippen molar-refractivity contribution in [1.82, 2.24) is 4.98 Å². The third kappa shape index (κ3) is 2.49. The lowest BCUT2D eigenvalue weighted by Crippen LogP contribution is -1.95. The van der Waals surface area contributed by atoms with E-state index in [2.05, 4.69) is 47.8 Å². The number of fused-ring (bicyclic) bond motifs is 3. The molecule has 0 bridgehead atoms. The van der Waals surface area contributed by atoms with Gasteiger partial charge in [0.05, 0.1) is 5.52 Å². The van der Waals surface area contributed by atoms with Gasteiger partial charge in [0.1, 0.15) is 5.82 Å². The first kappa shape index (κ1) is 14.4. The van der Waals surface area contributed by atoms with Crippen molar-refractivity contribution >= 4 is 45.6 Å². The molecule has 4 rings (SSSR count). The lowest BCUT2D eigenvalue weighted by molar-refractivity contribution is 1.40. The largest absolute Gasteiger partial charge is 0.340 e. The van der Waals surface area contributed by atoms with Crippen LogP contribution in [0.3, 0.4) is 0 Å². The second-order valence-corrected chi connectivity index (χ2v) is 5.01. The van der Waals surface area contributed by atoms with Crippen LogP contribution in [0, 0.1) is 0 Å². The minimum absolute atomic E-state index is 0. The van der Waals surface area contributed by atoms with Crippen molar-refractivity contribution < 1.29 is 0 Å². The second kappa shape index (κ2) is 6.04. The highest BCUT2D eigenvalue weighted by Crippen LogP contribution is 2.30. The molecule has 3 aromatic carbocycles. The fourth-order valence-corrected chi connectivity index (χ4v) is 2.66. The second-order valence-electron chi connectivity index (χ2n) is 5.01. The van der Waals surface area contributed by atoms with Crippen LogP contribution in [0.2, 0.25) is 0 Å². The molecule has 0 unspecified atom stereocenters. The molecule has 0 saturated carbocycles. The van der Waals surface area contributed by atoms with Crippen molar-refractivity contribution in [2.24, 2.45) is 0 Å². The fraction of sp³-hybridized carbons (Fsp3) is 0. The number of halogens is 1. The molecule has 0 atom stereocenters. The zero-order chi connectivity index (χ0) is 14.1. The van der Waals surface area contributed by atoms with Crippen molar-refractivity contribution in [1.29, 1.82) is 0 Å². The first-order valence-corrected chi connectivity index (χ1v) is 7.01. The van der Waals surface area contributed by atoms with Crippen molar-refractivity contribution in [3.63, 3.8) is 0 Å². The number of aromatic nitrogens is 1. The minimum Gasteiger partial charge on any atom is -0.340 e. The van der Waals surface area contributed by atoms with Crippen LogP contribution < -0.4 is 5.32 Å². The molecular formula is C19H15ClN2. The Bertz CT molecular complexity index is 920. The molecule has 0 aliphatic rings. The lowest BCUT2D eigenvalue weighted by Gasteiger charge is -2.11. The Morgan fingerprint density at radius 3 is 1.95 bits per heavy atom. The van der Waals surface area contributed by atoms with E-state index in [0.29, 0.717) is 0 Å². The first-order chi connectivity index (χ1) is 10.4. The summed E-state index contributed by atoms with van der Waals surface area (Å²) in [5, 5.41) is 6.98. The summed E-state index contributed by atoms with van der Waals surface area (Å²) < 4.78 is 0. The van der Waals surface area contributed by atoms with E-state index in [9.17, 15) is 0 Å². The minimum atomic E-state index is 0. The van der Waals surface area contributed by atoms with E-state index in [1.54, 1.807) is 0 Å². The fourth-order valence-electron chi connectivity index (χ4n) is 2.66. The summed E-state index contributed by atoms with van der Waals surface area (Å²) in [6.45, 7) is 0. The van der Waals surface area contributed by atoms with Gasteiger partial charge >= 0.3 is 0 Å². The van der Waals surface area contributed by atoms with Crippen molar-refractivity contribution in [3.05, 3.63) is 78.9 Å². The van der Waals surface area contributed by atoms with Gasteiger partial charge in [-0.05, 0) is 23.6 Å². The van der Waals surface area contributed by atoms with Crippen LogP contribution in [0.4, 0.5) is 11.5 Å². The number of nitrogens with one attached hydrogen (secondary N) is 1. The monoisotopic (exact) mass is 306 g/mol. The highest BCUT2D eigenvalue weighted by atomic mass is 35.5. The van der Waals surface area contributed by atoms with Gasteiger partial charge in [-0.1, -0.05) is 60.7 Å². The number of para-hydroxylation sites is 2. The molecule has 0 spiro atoms. The maximum Gasteiger partial charge on any atom is 0.138 e. The molecule has 22 heavy (non-hydrogen) atoms. The van der Waals surface area contributed by atoms with Gasteiger partial charge in [-0.2, -0.15) is 0 Å². The summed E-state index contributed by atoms with van der Waals surface area (Å²) in [6, 6.07) is 26.8. The Balaban J connectivity index is 0.00000144. The van der Waals surface area contributed by atoms with E-state index in [1.165, 1.54) is 10.8 Å². The molecule has 1 heterocycles. The Hall–Kier alpha value is -2.58. The summed E-state index contributed by atoms with van der Waals surface area (Å²) in [4.78, 5) is 4.79. The smallest absolute Gasteiger partial charge is 0.138 e. The van der Waals surface area contributed by atoms with Gasteiger partial charge in [0.15, 0.2) is 0 Å². The Kier molecular flexibility index (Phi) is 3.94. The molecule has 4 aromatic rings. The molecule has 0 aliphatic carbocycles. The van der Waals surface area contributed by atoms with E-state index >= 15 is 0 Å². The van der Waals surface area contributed by atoms with Gasteiger partial charge in [-0.15, -0.1) is 12.4 Å². The molecule has 108 valence electrons. The van der Waals surface area contributed by atoms with Crippen LogP contribution in [-0.2, 0) is 0 Å². The van der Waals surface area contributed by atoms with Crippen LogP contribution in [-0.4, -0.2) is 4.98 Å². The standard InChI is InChI=1S/C19H14N2.ClH/c1-2-8-14(9-3-1)20-19-17-12-5-4-10-15(17)16-11-6-7-13-18(16)21-19;/h1-13H,(H,20,21);1H. The van der Waals surface area contributed by atoms with Crippen LogP contribution >= 0.6 is 12.4 Å². The van der Waals surface area contributed by atoms with Crippen molar-refractivity contribution in [2.45, 2.75) is 0 Å². The van der Waals surface area contributed by atoms with Gasteiger partial charge < -0.3 is 5.32 Å². The number of nitrogens with zero attached hydrogens (tertiary/aromatic N) is 1. The van der Waals surface area contributed by atoms with E-state index < -0.39 is 0 Å². The molecule has 1 aromatic heterocycles. The SMILES string of the molecule is Cl.c1ccc(Nc2nc3ccccc3c3ccccc23)cc1. The van der Waals surface area contributed by atoms with Crippen LogP contribution in [0.15, 0.2) is 78.9 Å². The molecule has 3 heteroatoms. The molecule has 2 nitrogen and oxygen atoms in total. The predicted octanol–water partition coefficient (Wildman–Crippen LogP) is 5.55. The third-order valence-electron chi connectivity index (χ3n) is 3.65. The number of hydrogen-bond donors (Lipinski definition) is 1. The van der Waals surface area contributed by atoms with E-state index in [4.69, 9.17) is 4.98 Å². The van der Waals surface area contributed by atoms with Crippen molar-refractivity contribution in [2.75, 3.05) is 5.32 Å². The Labute approximate surface area is 135 Å². The van der Waals surface area contributed by atoms with E-state index in [-0.39, 0.29) is 12.4 Å². The van der Waals surface area contributed by atoms with Gasteiger partial charge in [0.25, 0.3) is 0 Å². The van der Waals surface area contributed by atoms with Gasteiger partial charge in [0, 0.05) is 16.5 Å². The summed E-state index contributed by atoms with van der Waals surface area (Å²) in [6.07, 6.45) is 0. The number of anilines is 2. The molecule has 0 aliphatic heterocycles. The number of rotatable bonds is 2. The molecule has 0 saturated heterocycles. The first-order valence-electron chi connectivity index (χ1n) is 7.01. The van der Waals surface area contributed by atoms with Gasteiger partial charge in [0.2, 0.25) is 0 Å². The maximum absolute atomic E-state index is 4.79. The molecule has 0 fully saturated rings. The predicted molar refractivity (Wildman–Crippen MR) is 96.2 cm³/mol. The average molecular weight is 307 g/mol. The van der Waals surface area contributed by atoms with E-state index in [0.717, 1.165) is 22.4 Å². The summed E-state index contributed by atoms with van der Waals surface area (Å²) in [7, 11) is 0. The summed E-state index contributed by atoms with van der Waals surface area (Å²) >= 11 is 0. The maximum atomic E-state index is 4.79. The normalized spacial score (nSPS) is 10.4. The molecule has 0 amide bonds. The average Bonchev–Trinajstić information content (AvgIpc) is 2.56. The Morgan fingerprint density at radius 2 is 1.18 bits per heavy atom. The van der Waals surface area contributed by atoms with Crippen LogP contribution in [0.5, 0.6) is 0 Å². The highest BCUT2D eigenvalue weighted by Gasteiger charge is 2.07.